The molecule has 0 saturated heterocycles. The summed E-state index contributed by atoms with van der Waals surface area (Å²) in [6.07, 6.45) is 0. The molecule has 0 aromatic rings. The highest BCUT2D eigenvalue weighted by Gasteiger charge is 2.31. The van der Waals surface area contributed by atoms with Gasteiger partial charge in [-0.2, -0.15) is 9.34 Å². The molecular formula is C9H23BN2OP. The first-order chi connectivity index (χ1) is 6.60. The highest BCUT2D eigenvalue weighted by Crippen LogP contribution is 2.60. The molecule has 0 aliphatic rings. The van der Waals surface area contributed by atoms with Crippen LogP contribution < -0.4 is 0 Å². The minimum atomic E-state index is -2.00. The van der Waals surface area contributed by atoms with Crippen molar-refractivity contribution in [1.29, 1.82) is 0 Å². The second kappa shape index (κ2) is 6.78. The zero-order valence-electron chi connectivity index (χ0n) is 10.2. The average Bonchev–Trinajstić information content (AvgIpc) is 2.21. The molecule has 0 spiro atoms. The van der Waals surface area contributed by atoms with Gasteiger partial charge in [-0.1, -0.05) is 0 Å². The van der Waals surface area contributed by atoms with Gasteiger partial charge in [0.1, 0.15) is 0 Å². The summed E-state index contributed by atoms with van der Waals surface area (Å²) in [7, 11) is 6.08. The third-order valence-corrected chi connectivity index (χ3v) is 5.83. The molecule has 0 N–H and O–H groups in total. The zero-order valence-corrected chi connectivity index (χ0v) is 11.1. The lowest BCUT2D eigenvalue weighted by Gasteiger charge is -2.48. The molecule has 0 amide bonds. The Morgan fingerprint density at radius 3 is 1.36 bits per heavy atom. The van der Waals surface area contributed by atoms with Gasteiger partial charge in [-0.15, -0.1) is 0 Å². The molecule has 0 aromatic heterocycles. The highest BCUT2D eigenvalue weighted by atomic mass is 31.2. The Balaban J connectivity index is 4.72. The summed E-state index contributed by atoms with van der Waals surface area (Å²) in [4.78, 5) is 0. The summed E-state index contributed by atoms with van der Waals surface area (Å²) in [5, 5.41) is 0. The summed E-state index contributed by atoms with van der Waals surface area (Å²) in [5.41, 5.74) is 0. The predicted octanol–water partition coefficient (Wildman–Crippen LogP) is 2.16. The molecule has 0 heterocycles. The molecule has 0 bridgehead atoms. The first kappa shape index (κ1) is 14.4. The minimum Gasteiger partial charge on any atom is -0.262 e. The van der Waals surface area contributed by atoms with Gasteiger partial charge >= 0.3 is 0 Å². The Hall–Kier alpha value is 0.375. The van der Waals surface area contributed by atoms with Crippen LogP contribution >= 0.6 is 7.67 Å². The summed E-state index contributed by atoms with van der Waals surface area (Å²) < 4.78 is 10.0. The van der Waals surface area contributed by atoms with Crippen LogP contribution in [0.15, 0.2) is 0 Å². The second-order valence-electron chi connectivity index (χ2n) is 3.05. The van der Waals surface area contributed by atoms with Crippen LogP contribution in [0.1, 0.15) is 27.7 Å². The van der Waals surface area contributed by atoms with Gasteiger partial charge in [0.15, 0.2) is 0 Å². The molecule has 3 radical (unpaired) electrons. The Bertz CT molecular complexity index is 140. The van der Waals surface area contributed by atoms with E-state index in [9.17, 15) is 0 Å². The maximum atomic E-state index is 6.37. The van der Waals surface area contributed by atoms with Gasteiger partial charge < -0.3 is 0 Å². The van der Waals surface area contributed by atoms with Crippen LogP contribution in [-0.2, 0) is 4.52 Å². The van der Waals surface area contributed by atoms with Gasteiger partial charge in [-0.25, -0.2) is 7.57 Å². The standard InChI is InChI=1S/C9H23BN2OP/c1-6-11(7-2)14(10,13-5)12(8-3)9-4/h6-9H2,1-5H3. The van der Waals surface area contributed by atoms with Crippen molar-refractivity contribution in [2.75, 3.05) is 33.3 Å². The monoisotopic (exact) mass is 217 g/mol. The van der Waals surface area contributed by atoms with Crippen molar-refractivity contribution in [3.63, 3.8) is 0 Å². The highest BCUT2D eigenvalue weighted by molar-refractivity contribution is 7.89. The van der Waals surface area contributed by atoms with E-state index in [0.29, 0.717) is 0 Å². The minimum absolute atomic E-state index is 0.936. The second-order valence-corrected chi connectivity index (χ2v) is 5.72. The smallest absolute Gasteiger partial charge is 0.0775 e. The zero-order chi connectivity index (χ0) is 11.2. The van der Waals surface area contributed by atoms with Crippen molar-refractivity contribution in [1.82, 2.24) is 9.34 Å². The molecule has 0 aromatic carbocycles. The van der Waals surface area contributed by atoms with E-state index in [4.69, 9.17) is 12.1 Å². The summed E-state index contributed by atoms with van der Waals surface area (Å²) in [6.45, 7) is 12.2. The predicted molar refractivity (Wildman–Crippen MR) is 65.5 cm³/mol. The Morgan fingerprint density at radius 1 is 0.929 bits per heavy atom. The molecule has 0 rings (SSSR count). The first-order valence-corrected chi connectivity index (χ1v) is 7.02. The molecule has 5 heteroatoms. The SMILES string of the molecule is [B-][P+](OC)(N(CC)CC)N(CC)CC. The van der Waals surface area contributed by atoms with Gasteiger partial charge in [0.25, 0.3) is 0 Å². The van der Waals surface area contributed by atoms with Gasteiger partial charge in [0.2, 0.25) is 0 Å². The maximum absolute atomic E-state index is 6.37. The molecule has 0 fully saturated rings. The van der Waals surface area contributed by atoms with Gasteiger partial charge in [-0.3, -0.25) is 4.52 Å². The molecule has 3 nitrogen and oxygen atoms in total. The van der Waals surface area contributed by atoms with Crippen LogP contribution in [0.5, 0.6) is 0 Å². The van der Waals surface area contributed by atoms with Crippen LogP contribution in [0.3, 0.4) is 0 Å². The fourth-order valence-electron chi connectivity index (χ4n) is 1.67. The van der Waals surface area contributed by atoms with E-state index in [0.717, 1.165) is 26.2 Å². The summed E-state index contributed by atoms with van der Waals surface area (Å²) in [6, 6.07) is 0. The molecule has 0 saturated carbocycles. The fourth-order valence-corrected chi connectivity index (χ4v) is 4.11. The van der Waals surface area contributed by atoms with Crippen molar-refractivity contribution in [2.45, 2.75) is 27.7 Å². The van der Waals surface area contributed by atoms with E-state index < -0.39 is 7.67 Å². The number of rotatable bonds is 7. The summed E-state index contributed by atoms with van der Waals surface area (Å²) >= 11 is 0. The van der Waals surface area contributed by atoms with E-state index in [1.807, 2.05) is 0 Å². The van der Waals surface area contributed by atoms with E-state index >= 15 is 0 Å². The van der Waals surface area contributed by atoms with Crippen LogP contribution in [0.4, 0.5) is 0 Å². The van der Waals surface area contributed by atoms with Crippen molar-refractivity contribution in [3.8, 4) is 0 Å². The quantitative estimate of drug-likeness (QED) is 0.480. The molecule has 83 valence electrons. The lowest BCUT2D eigenvalue weighted by molar-refractivity contribution is 0.305. The van der Waals surface area contributed by atoms with E-state index in [1.54, 1.807) is 7.11 Å². The van der Waals surface area contributed by atoms with Crippen LogP contribution in [0, 0.1) is 0 Å². The Labute approximate surface area is 90.7 Å². The van der Waals surface area contributed by atoms with E-state index in [-0.39, 0.29) is 0 Å². The normalized spacial score (nSPS) is 12.9. The lowest BCUT2D eigenvalue weighted by atomic mass is 10.7. The molecule has 0 aliphatic heterocycles. The molecule has 0 aliphatic carbocycles. The van der Waals surface area contributed by atoms with E-state index in [1.165, 1.54) is 0 Å². The molecule has 14 heavy (non-hydrogen) atoms. The van der Waals surface area contributed by atoms with Crippen LogP contribution in [-0.4, -0.2) is 50.2 Å². The number of hydrogen-bond acceptors (Lipinski definition) is 3. The topological polar surface area (TPSA) is 15.7 Å². The van der Waals surface area contributed by atoms with Crippen molar-refractivity contribution in [2.24, 2.45) is 0 Å². The summed E-state index contributed by atoms with van der Waals surface area (Å²) in [5.74, 6) is 0. The Morgan fingerprint density at radius 2 is 1.21 bits per heavy atom. The van der Waals surface area contributed by atoms with Gasteiger partial charge in [0.05, 0.1) is 7.11 Å². The largest absolute Gasteiger partial charge is 0.262 e. The van der Waals surface area contributed by atoms with Crippen molar-refractivity contribution >= 4 is 15.2 Å². The third kappa shape index (κ3) is 2.93. The molecular weight excluding hydrogens is 194 g/mol. The lowest BCUT2D eigenvalue weighted by Crippen LogP contribution is -2.37. The average molecular weight is 217 g/mol. The van der Waals surface area contributed by atoms with Gasteiger partial charge in [-0.05, 0) is 27.7 Å². The van der Waals surface area contributed by atoms with Crippen molar-refractivity contribution in [3.05, 3.63) is 0 Å². The number of nitrogens with zero attached hydrogens (tertiary/aromatic N) is 2. The number of hydrogen-bond donors (Lipinski definition) is 0. The Kier molecular flexibility index (Phi) is 6.97. The maximum Gasteiger partial charge on any atom is 0.0775 e. The van der Waals surface area contributed by atoms with Crippen LogP contribution in [0.2, 0.25) is 0 Å². The van der Waals surface area contributed by atoms with E-state index in [2.05, 4.69) is 37.0 Å². The molecule has 0 unspecified atom stereocenters. The van der Waals surface area contributed by atoms with Crippen molar-refractivity contribution < 1.29 is 4.52 Å². The van der Waals surface area contributed by atoms with Gasteiger partial charge in [0, 0.05) is 33.8 Å². The molecule has 0 atom stereocenters. The fraction of sp³-hybridized carbons (Fsp3) is 1.00. The van der Waals surface area contributed by atoms with Crippen LogP contribution in [0.25, 0.3) is 0 Å². The third-order valence-electron chi connectivity index (χ3n) is 2.54. The first-order valence-electron chi connectivity index (χ1n) is 5.34.